The Morgan fingerprint density at radius 3 is 2.04 bits per heavy atom. The summed E-state index contributed by atoms with van der Waals surface area (Å²) in [5, 5.41) is 0. The van der Waals surface area contributed by atoms with E-state index in [1.807, 2.05) is 30.3 Å². The molecule has 1 aromatic carbocycles. The highest BCUT2D eigenvalue weighted by atomic mass is 31.2. The summed E-state index contributed by atoms with van der Waals surface area (Å²) in [6.45, 7) is 11.6. The molecule has 0 aliphatic heterocycles. The van der Waals surface area contributed by atoms with Crippen LogP contribution < -0.4 is 0 Å². The molecule has 27 heavy (non-hydrogen) atoms. The van der Waals surface area contributed by atoms with E-state index in [1.54, 1.807) is 0 Å². The van der Waals surface area contributed by atoms with E-state index in [0.29, 0.717) is 12.0 Å². The molecule has 150 valence electrons. The number of benzene rings is 1. The second-order valence-electron chi connectivity index (χ2n) is 6.89. The minimum atomic E-state index is -2.48. The summed E-state index contributed by atoms with van der Waals surface area (Å²) in [7, 11) is -2.48. The number of ketones is 1. The van der Waals surface area contributed by atoms with Gasteiger partial charge in [0, 0.05) is 38.2 Å². The van der Waals surface area contributed by atoms with E-state index in [4.69, 9.17) is 4.74 Å². The summed E-state index contributed by atoms with van der Waals surface area (Å²) in [4.78, 5) is 26.2. The number of rotatable bonds is 8. The highest BCUT2D eigenvalue weighted by molar-refractivity contribution is 7.63. The Balaban J connectivity index is 2.71. The quantitative estimate of drug-likeness (QED) is 0.582. The molecule has 1 aromatic rings. The average molecular weight is 391 g/mol. The lowest BCUT2D eigenvalue weighted by molar-refractivity contribution is -0.120. The van der Waals surface area contributed by atoms with Crippen molar-refractivity contribution in [2.24, 2.45) is 4.74 Å². The third-order valence-electron chi connectivity index (χ3n) is 5.49. The zero-order valence-electron chi connectivity index (χ0n) is 17.2. The van der Waals surface area contributed by atoms with Crippen molar-refractivity contribution in [3.63, 3.8) is 0 Å². The zero-order chi connectivity index (χ0) is 19.9. The second kappa shape index (κ2) is 10.3. The number of nitrogens with zero attached hydrogens (tertiary/aromatic N) is 3. The third kappa shape index (κ3) is 4.59. The molecule has 1 amide bonds. The van der Waals surface area contributed by atoms with E-state index < -0.39 is 7.36 Å². The molecular weight excluding hydrogens is 357 g/mol. The van der Waals surface area contributed by atoms with Crippen LogP contribution in [-0.2, 0) is 4.79 Å². The molecule has 1 fully saturated rings. The summed E-state index contributed by atoms with van der Waals surface area (Å²) < 4.78 is 9.57. The fourth-order valence-corrected chi connectivity index (χ4v) is 8.78. The van der Waals surface area contributed by atoms with Gasteiger partial charge in [0.15, 0.2) is 0 Å². The standard InChI is InChI=1S/C21H34N3O2P/c1-5-23(6-2)27(24(7-3)8-4,20-17-13-12-16-19(20)25)22-21(26)18-14-10-9-11-15-18/h9-11,14-15,20H,5-8,12-13,16-17H2,1-4H3/t20-/m1/s1. The molecular formula is C21H34N3O2P. The molecule has 0 N–H and O–H groups in total. The largest absolute Gasteiger partial charge is 0.299 e. The van der Waals surface area contributed by atoms with Crippen LogP contribution in [0.5, 0.6) is 0 Å². The Kier molecular flexibility index (Phi) is 8.40. The molecule has 5 nitrogen and oxygen atoms in total. The predicted octanol–water partition coefficient (Wildman–Crippen LogP) is 5.05. The number of carbonyl (C=O) groups is 2. The van der Waals surface area contributed by atoms with Gasteiger partial charge in [0.05, 0.1) is 5.66 Å². The fraction of sp³-hybridized carbons (Fsp3) is 0.619. The molecule has 0 aromatic heterocycles. The van der Waals surface area contributed by atoms with Crippen LogP contribution in [0, 0.1) is 0 Å². The molecule has 1 saturated carbocycles. The van der Waals surface area contributed by atoms with Gasteiger partial charge in [-0.1, -0.05) is 52.3 Å². The number of hydrogen-bond donors (Lipinski definition) is 0. The lowest BCUT2D eigenvalue weighted by Crippen LogP contribution is -2.42. The Bertz CT molecular complexity index is 666. The maximum Gasteiger partial charge on any atom is 0.278 e. The fourth-order valence-electron chi connectivity index (χ4n) is 4.15. The van der Waals surface area contributed by atoms with Crippen LogP contribution in [0.2, 0.25) is 0 Å². The predicted molar refractivity (Wildman–Crippen MR) is 113 cm³/mol. The number of Topliss-reactive ketones (excluding diaryl/α,β-unsaturated/α-hetero) is 1. The van der Waals surface area contributed by atoms with E-state index in [9.17, 15) is 9.59 Å². The van der Waals surface area contributed by atoms with Gasteiger partial charge in [0.25, 0.3) is 5.91 Å². The van der Waals surface area contributed by atoms with Crippen molar-refractivity contribution in [3.05, 3.63) is 35.9 Å². The van der Waals surface area contributed by atoms with Gasteiger partial charge in [-0.25, -0.2) is 0 Å². The molecule has 0 unspecified atom stereocenters. The number of carbonyl (C=O) groups excluding carboxylic acids is 2. The summed E-state index contributed by atoms with van der Waals surface area (Å²) in [6.07, 6.45) is 3.45. The summed E-state index contributed by atoms with van der Waals surface area (Å²) in [6, 6.07) is 9.26. The molecule has 6 heteroatoms. The van der Waals surface area contributed by atoms with Gasteiger partial charge in [-0.2, -0.15) is 4.74 Å². The molecule has 0 bridgehead atoms. The van der Waals surface area contributed by atoms with Gasteiger partial charge in [-0.15, -0.1) is 0 Å². The van der Waals surface area contributed by atoms with Crippen LogP contribution in [0.4, 0.5) is 0 Å². The van der Waals surface area contributed by atoms with E-state index in [0.717, 1.165) is 45.4 Å². The van der Waals surface area contributed by atoms with E-state index in [2.05, 4.69) is 37.0 Å². The van der Waals surface area contributed by atoms with Crippen LogP contribution >= 0.6 is 7.36 Å². The molecule has 1 aliphatic carbocycles. The highest BCUT2D eigenvalue weighted by Crippen LogP contribution is 2.63. The monoisotopic (exact) mass is 391 g/mol. The van der Waals surface area contributed by atoms with Crippen molar-refractivity contribution in [1.29, 1.82) is 0 Å². The van der Waals surface area contributed by atoms with E-state index in [1.165, 1.54) is 0 Å². The first-order valence-corrected chi connectivity index (χ1v) is 12.0. The average Bonchev–Trinajstić information content (AvgIpc) is 2.70. The van der Waals surface area contributed by atoms with Crippen LogP contribution in [0.15, 0.2) is 35.1 Å². The molecule has 1 aliphatic rings. The van der Waals surface area contributed by atoms with Crippen molar-refractivity contribution in [1.82, 2.24) is 9.34 Å². The van der Waals surface area contributed by atoms with Gasteiger partial charge in [0.2, 0.25) is 0 Å². The maximum absolute atomic E-state index is 13.2. The second-order valence-corrected chi connectivity index (χ2v) is 10.1. The minimum Gasteiger partial charge on any atom is -0.299 e. The van der Waals surface area contributed by atoms with E-state index >= 15 is 0 Å². The Hall–Kier alpha value is -1.29. The van der Waals surface area contributed by atoms with Crippen LogP contribution in [0.1, 0.15) is 63.7 Å². The smallest absolute Gasteiger partial charge is 0.278 e. The molecule has 2 rings (SSSR count). The first-order valence-electron chi connectivity index (χ1n) is 10.3. The lowest BCUT2D eigenvalue weighted by atomic mass is 9.99. The highest BCUT2D eigenvalue weighted by Gasteiger charge is 2.44. The maximum atomic E-state index is 13.2. The van der Waals surface area contributed by atoms with Gasteiger partial charge in [-0.3, -0.25) is 18.9 Å². The summed E-state index contributed by atoms with van der Waals surface area (Å²) in [5.41, 5.74) is 0.447. The van der Waals surface area contributed by atoms with Crippen LogP contribution in [0.25, 0.3) is 0 Å². The molecule has 0 spiro atoms. The summed E-state index contributed by atoms with van der Waals surface area (Å²) >= 11 is 0. The Morgan fingerprint density at radius 1 is 1.00 bits per heavy atom. The zero-order valence-corrected chi connectivity index (χ0v) is 18.1. The summed E-state index contributed by atoms with van der Waals surface area (Å²) in [5.74, 6) is 0.0964. The molecule has 0 radical (unpaired) electrons. The number of amides is 1. The van der Waals surface area contributed by atoms with Gasteiger partial charge in [0.1, 0.15) is 13.1 Å². The Morgan fingerprint density at radius 2 is 1.56 bits per heavy atom. The van der Waals surface area contributed by atoms with Crippen molar-refractivity contribution in [2.45, 2.75) is 59.0 Å². The lowest BCUT2D eigenvalue weighted by Gasteiger charge is -2.47. The first-order chi connectivity index (χ1) is 13.0. The third-order valence-corrected chi connectivity index (χ3v) is 10.1. The van der Waals surface area contributed by atoms with E-state index in [-0.39, 0.29) is 17.3 Å². The van der Waals surface area contributed by atoms with Crippen LogP contribution in [0.3, 0.4) is 0 Å². The van der Waals surface area contributed by atoms with Crippen molar-refractivity contribution in [2.75, 3.05) is 26.2 Å². The normalized spacial score (nSPS) is 18.1. The van der Waals surface area contributed by atoms with Crippen molar-refractivity contribution < 1.29 is 9.59 Å². The number of hydrogen-bond acceptors (Lipinski definition) is 2. The van der Waals surface area contributed by atoms with Gasteiger partial charge >= 0.3 is 0 Å². The van der Waals surface area contributed by atoms with Gasteiger partial charge < -0.3 is 0 Å². The minimum absolute atomic E-state index is 0.154. The van der Waals surface area contributed by atoms with Gasteiger partial charge in [-0.05, 0) is 25.0 Å². The first kappa shape index (κ1) is 22.0. The molecule has 1 atom stereocenters. The SMILES string of the molecule is CCN(CC)P(=NC(=O)c1ccccc1)([C@@H]1CCCCC1=O)N(CC)CC. The Labute approximate surface area is 164 Å². The molecule has 0 heterocycles. The topological polar surface area (TPSA) is 53.0 Å². The van der Waals surface area contributed by atoms with Crippen molar-refractivity contribution >= 4 is 19.0 Å². The van der Waals surface area contributed by atoms with Crippen LogP contribution in [-0.4, -0.2) is 52.9 Å². The molecule has 0 saturated heterocycles. The van der Waals surface area contributed by atoms with Crippen molar-refractivity contribution in [3.8, 4) is 0 Å².